The van der Waals surface area contributed by atoms with E-state index in [2.05, 4.69) is 59.3 Å². The summed E-state index contributed by atoms with van der Waals surface area (Å²) in [7, 11) is 0. The highest BCUT2D eigenvalue weighted by atomic mass is 16.5. The zero-order chi connectivity index (χ0) is 20.0. The van der Waals surface area contributed by atoms with Crippen LogP contribution in [0.4, 0.5) is 10.6 Å². The maximum atomic E-state index is 12.1. The lowest BCUT2D eigenvalue weighted by Gasteiger charge is -2.17. The number of hydrogen-bond acceptors (Lipinski definition) is 3. The summed E-state index contributed by atoms with van der Waals surface area (Å²) in [5.41, 5.74) is 6.93. The van der Waals surface area contributed by atoms with Gasteiger partial charge in [0.2, 0.25) is 0 Å². The lowest BCUT2D eigenvalue weighted by Crippen LogP contribution is -2.14. The van der Waals surface area contributed by atoms with Crippen LogP contribution in [0.5, 0.6) is 0 Å². The highest BCUT2D eigenvalue weighted by Crippen LogP contribution is 2.39. The number of carbonyl (C=O) groups excluding carboxylic acids is 1. The van der Waals surface area contributed by atoms with Crippen LogP contribution >= 0.6 is 0 Å². The Balaban J connectivity index is 1.82. The maximum Gasteiger partial charge on any atom is 0.412 e. The predicted octanol–water partition coefficient (Wildman–Crippen LogP) is 5.68. The molecule has 1 amide bonds. The number of aromatic nitrogens is 2. The number of aryl methyl sites for hydroxylation is 3. The molecule has 2 aromatic carbocycles. The molecular formula is C24H23N3O2. The number of fused-ring (bicyclic) bond motifs is 3. The molecule has 0 spiro atoms. The molecule has 2 aromatic heterocycles. The van der Waals surface area contributed by atoms with Crippen LogP contribution < -0.4 is 5.32 Å². The Bertz CT molecular complexity index is 1240. The molecule has 0 unspecified atom stereocenters. The third-order valence-electron chi connectivity index (χ3n) is 5.60. The number of hydrogen-bond donors (Lipinski definition) is 1. The lowest BCUT2D eigenvalue weighted by molar-refractivity contribution is 0.168. The molecule has 0 saturated carbocycles. The Labute approximate surface area is 169 Å². The zero-order valence-electron chi connectivity index (χ0n) is 16.7. The highest BCUT2D eigenvalue weighted by molar-refractivity contribution is 6.14. The number of nitrogens with one attached hydrogen (secondary N) is 1. The van der Waals surface area contributed by atoms with Gasteiger partial charge < -0.3 is 9.30 Å². The molecule has 3 heterocycles. The number of ether oxygens (including phenoxy) is 1. The summed E-state index contributed by atoms with van der Waals surface area (Å²) in [6, 6.07) is 16.9. The number of carbonyl (C=O) groups is 1. The van der Waals surface area contributed by atoms with Crippen molar-refractivity contribution >= 4 is 33.7 Å². The number of nitrogens with zero attached hydrogens (tertiary/aromatic N) is 2. The van der Waals surface area contributed by atoms with Gasteiger partial charge in [-0.05, 0) is 38.3 Å². The van der Waals surface area contributed by atoms with E-state index in [-0.39, 0.29) is 0 Å². The fourth-order valence-corrected chi connectivity index (χ4v) is 4.36. The SMILES string of the molecule is CCOC(=O)Nc1cc2c3cccc4c3n(c2c(-c2ccc(C)cc2)n1)CCC4. The molecule has 0 radical (unpaired) electrons. The maximum absolute atomic E-state index is 12.1. The van der Waals surface area contributed by atoms with Gasteiger partial charge >= 0.3 is 6.09 Å². The minimum atomic E-state index is -0.483. The lowest BCUT2D eigenvalue weighted by atomic mass is 10.0. The van der Waals surface area contributed by atoms with Crippen molar-refractivity contribution in [2.45, 2.75) is 33.2 Å². The third kappa shape index (κ3) is 2.94. The number of anilines is 1. The highest BCUT2D eigenvalue weighted by Gasteiger charge is 2.22. The Hall–Kier alpha value is -3.34. The first-order valence-electron chi connectivity index (χ1n) is 10.1. The van der Waals surface area contributed by atoms with Gasteiger partial charge in [-0.25, -0.2) is 9.78 Å². The second-order valence-electron chi connectivity index (χ2n) is 7.53. The van der Waals surface area contributed by atoms with Crippen LogP contribution in [0, 0.1) is 6.92 Å². The van der Waals surface area contributed by atoms with Gasteiger partial charge in [0.1, 0.15) is 5.82 Å². The average molecular weight is 385 g/mol. The van der Waals surface area contributed by atoms with Gasteiger partial charge in [-0.3, -0.25) is 5.32 Å². The molecule has 0 atom stereocenters. The molecule has 29 heavy (non-hydrogen) atoms. The van der Waals surface area contributed by atoms with Gasteiger partial charge in [-0.1, -0.05) is 48.0 Å². The van der Waals surface area contributed by atoms with Crippen molar-refractivity contribution in [3.8, 4) is 11.3 Å². The van der Waals surface area contributed by atoms with Crippen molar-refractivity contribution in [3.05, 3.63) is 59.7 Å². The van der Waals surface area contributed by atoms with E-state index in [1.54, 1.807) is 6.92 Å². The number of rotatable bonds is 3. The van der Waals surface area contributed by atoms with Crippen molar-refractivity contribution in [1.82, 2.24) is 9.55 Å². The largest absolute Gasteiger partial charge is 0.450 e. The summed E-state index contributed by atoms with van der Waals surface area (Å²) >= 11 is 0. The van der Waals surface area contributed by atoms with Gasteiger partial charge in [0.15, 0.2) is 0 Å². The first-order valence-corrected chi connectivity index (χ1v) is 10.1. The molecule has 1 N–H and O–H groups in total. The van der Waals surface area contributed by atoms with E-state index < -0.39 is 6.09 Å². The first kappa shape index (κ1) is 17.7. The van der Waals surface area contributed by atoms with Gasteiger partial charge in [0.05, 0.1) is 23.3 Å². The number of benzene rings is 2. The average Bonchev–Trinajstić information content (AvgIpc) is 3.04. The second kappa shape index (κ2) is 6.92. The molecule has 5 nitrogen and oxygen atoms in total. The molecular weight excluding hydrogens is 362 g/mol. The van der Waals surface area contributed by atoms with Gasteiger partial charge in [0, 0.05) is 22.9 Å². The summed E-state index contributed by atoms with van der Waals surface area (Å²) in [5.74, 6) is 0.509. The third-order valence-corrected chi connectivity index (χ3v) is 5.60. The molecule has 1 aliphatic heterocycles. The monoisotopic (exact) mass is 385 g/mol. The first-order chi connectivity index (χ1) is 14.2. The fourth-order valence-electron chi connectivity index (χ4n) is 4.36. The van der Waals surface area contributed by atoms with Crippen molar-refractivity contribution in [3.63, 3.8) is 0 Å². The molecule has 5 heteroatoms. The van der Waals surface area contributed by atoms with Gasteiger partial charge in [-0.2, -0.15) is 0 Å². The van der Waals surface area contributed by atoms with Crippen LogP contribution in [0.2, 0.25) is 0 Å². The minimum absolute atomic E-state index is 0.321. The van der Waals surface area contributed by atoms with Crippen molar-refractivity contribution in [1.29, 1.82) is 0 Å². The van der Waals surface area contributed by atoms with Crippen LogP contribution in [0.15, 0.2) is 48.5 Å². The zero-order valence-corrected chi connectivity index (χ0v) is 16.7. The van der Waals surface area contributed by atoms with E-state index in [0.29, 0.717) is 12.4 Å². The normalized spacial score (nSPS) is 13.0. The molecule has 5 rings (SSSR count). The Kier molecular flexibility index (Phi) is 4.23. The molecule has 146 valence electrons. The van der Waals surface area contributed by atoms with E-state index >= 15 is 0 Å². The number of pyridine rings is 1. The van der Waals surface area contributed by atoms with E-state index in [0.717, 1.165) is 41.5 Å². The number of amides is 1. The second-order valence-corrected chi connectivity index (χ2v) is 7.53. The Morgan fingerprint density at radius 1 is 1.14 bits per heavy atom. The van der Waals surface area contributed by atoms with Crippen LogP contribution in [-0.4, -0.2) is 22.3 Å². The quantitative estimate of drug-likeness (QED) is 0.494. The van der Waals surface area contributed by atoms with Crippen molar-refractivity contribution in [2.24, 2.45) is 0 Å². The summed E-state index contributed by atoms with van der Waals surface area (Å²) in [5, 5.41) is 5.12. The van der Waals surface area contributed by atoms with E-state index in [1.807, 2.05) is 6.07 Å². The summed E-state index contributed by atoms with van der Waals surface area (Å²) in [4.78, 5) is 16.9. The van der Waals surface area contributed by atoms with Crippen LogP contribution in [-0.2, 0) is 17.7 Å². The number of para-hydroxylation sites is 1. The Morgan fingerprint density at radius 3 is 2.76 bits per heavy atom. The summed E-state index contributed by atoms with van der Waals surface area (Å²) in [6.45, 7) is 5.16. The van der Waals surface area contributed by atoms with Crippen LogP contribution in [0.25, 0.3) is 33.1 Å². The van der Waals surface area contributed by atoms with E-state index in [9.17, 15) is 4.79 Å². The molecule has 0 fully saturated rings. The Morgan fingerprint density at radius 2 is 1.97 bits per heavy atom. The molecule has 0 bridgehead atoms. The van der Waals surface area contributed by atoms with Crippen LogP contribution in [0.1, 0.15) is 24.5 Å². The molecule has 0 saturated heterocycles. The molecule has 1 aliphatic rings. The van der Waals surface area contributed by atoms with Crippen molar-refractivity contribution in [2.75, 3.05) is 11.9 Å². The van der Waals surface area contributed by atoms with E-state index in [1.165, 1.54) is 22.0 Å². The standard InChI is InChI=1S/C24H23N3O2/c1-3-29-24(28)26-20-14-19-18-8-4-6-17-7-5-13-27(22(17)18)23(19)21(25-20)16-11-9-15(2)10-12-16/h4,6,8-12,14H,3,5,7,13H2,1-2H3,(H,25,26,28). The van der Waals surface area contributed by atoms with E-state index in [4.69, 9.17) is 9.72 Å². The molecule has 4 aromatic rings. The van der Waals surface area contributed by atoms with Crippen molar-refractivity contribution < 1.29 is 9.53 Å². The smallest absolute Gasteiger partial charge is 0.412 e. The minimum Gasteiger partial charge on any atom is -0.450 e. The summed E-state index contributed by atoms with van der Waals surface area (Å²) in [6.07, 6.45) is 1.73. The van der Waals surface area contributed by atoms with Crippen LogP contribution in [0.3, 0.4) is 0 Å². The topological polar surface area (TPSA) is 56.1 Å². The molecule has 0 aliphatic carbocycles. The predicted molar refractivity (Wildman–Crippen MR) is 116 cm³/mol. The summed E-state index contributed by atoms with van der Waals surface area (Å²) < 4.78 is 7.47. The van der Waals surface area contributed by atoms with Gasteiger partial charge in [0.25, 0.3) is 0 Å². The van der Waals surface area contributed by atoms with Gasteiger partial charge in [-0.15, -0.1) is 0 Å². The fraction of sp³-hybridized carbons (Fsp3) is 0.250.